The molecule has 1 unspecified atom stereocenters. The third-order valence-corrected chi connectivity index (χ3v) is 6.19. The monoisotopic (exact) mass is 340 g/mol. The normalized spacial score (nSPS) is 25.3. The first-order valence-corrected chi connectivity index (χ1v) is 8.13. The highest BCUT2D eigenvalue weighted by Crippen LogP contribution is 2.26. The fraction of sp³-hybridized carbons (Fsp3) is 0.556. The van der Waals surface area contributed by atoms with Gasteiger partial charge in [0.25, 0.3) is 0 Å². The van der Waals surface area contributed by atoms with Crippen molar-refractivity contribution in [3.63, 3.8) is 0 Å². The highest BCUT2D eigenvalue weighted by atomic mass is 79.9. The van der Waals surface area contributed by atoms with Gasteiger partial charge in [-0.15, -0.1) is 11.3 Å². The van der Waals surface area contributed by atoms with Crippen molar-refractivity contribution in [2.75, 3.05) is 20.2 Å². The van der Waals surface area contributed by atoms with Gasteiger partial charge in [0.2, 0.25) is 10.0 Å². The molecule has 2 atom stereocenters. The highest BCUT2D eigenvalue weighted by Gasteiger charge is 2.31. The Kier molecular flexibility index (Phi) is 4.22. The van der Waals surface area contributed by atoms with Crippen molar-refractivity contribution in [2.24, 2.45) is 0 Å². The first kappa shape index (κ1) is 13.4. The molecule has 1 aliphatic heterocycles. The van der Waals surface area contributed by atoms with Gasteiger partial charge in [-0.1, -0.05) is 0 Å². The Morgan fingerprint density at radius 3 is 2.88 bits per heavy atom. The SMILES string of the molecule is CO[C@H]1CNCC1NS(=O)(=O)c1ccc(Br)s1. The van der Waals surface area contributed by atoms with E-state index in [1.165, 1.54) is 11.3 Å². The number of thiophene rings is 1. The van der Waals surface area contributed by atoms with E-state index in [0.717, 1.165) is 3.79 Å². The molecule has 2 heterocycles. The second kappa shape index (κ2) is 5.33. The van der Waals surface area contributed by atoms with Gasteiger partial charge < -0.3 is 10.1 Å². The fourth-order valence-corrected chi connectivity index (χ4v) is 5.01. The minimum absolute atomic E-state index is 0.117. The van der Waals surface area contributed by atoms with E-state index < -0.39 is 10.0 Å². The summed E-state index contributed by atoms with van der Waals surface area (Å²) in [4.78, 5) is 0. The number of ether oxygens (including phenoxy) is 1. The largest absolute Gasteiger partial charge is 0.378 e. The van der Waals surface area contributed by atoms with Gasteiger partial charge in [0, 0.05) is 20.2 Å². The van der Waals surface area contributed by atoms with Crippen LogP contribution in [0.3, 0.4) is 0 Å². The Bertz CT molecular complexity index is 488. The average Bonchev–Trinajstić information content (AvgIpc) is 2.86. The molecule has 2 N–H and O–H groups in total. The molecule has 0 radical (unpaired) electrons. The van der Waals surface area contributed by atoms with Crippen LogP contribution in [0, 0.1) is 0 Å². The van der Waals surface area contributed by atoms with E-state index in [0.29, 0.717) is 17.3 Å². The molecule has 0 aromatic carbocycles. The lowest BCUT2D eigenvalue weighted by Gasteiger charge is -2.17. The zero-order valence-electron chi connectivity index (χ0n) is 9.14. The molecule has 1 aromatic rings. The van der Waals surface area contributed by atoms with E-state index in [1.54, 1.807) is 19.2 Å². The van der Waals surface area contributed by atoms with Crippen LogP contribution in [0.1, 0.15) is 0 Å². The summed E-state index contributed by atoms with van der Waals surface area (Å²) in [6, 6.07) is 3.09. The molecule has 17 heavy (non-hydrogen) atoms. The minimum atomic E-state index is -3.45. The number of methoxy groups -OCH3 is 1. The Balaban J connectivity index is 2.12. The second-order valence-electron chi connectivity index (χ2n) is 3.72. The molecule has 8 heteroatoms. The topological polar surface area (TPSA) is 67.4 Å². The van der Waals surface area contributed by atoms with Crippen molar-refractivity contribution in [3.05, 3.63) is 15.9 Å². The summed E-state index contributed by atoms with van der Waals surface area (Å²) in [5.41, 5.74) is 0. The van der Waals surface area contributed by atoms with Crippen molar-refractivity contribution in [3.8, 4) is 0 Å². The Hall–Kier alpha value is 0.01000. The summed E-state index contributed by atoms with van der Waals surface area (Å²) in [6.07, 6.45) is -0.117. The maximum absolute atomic E-state index is 12.1. The smallest absolute Gasteiger partial charge is 0.250 e. The van der Waals surface area contributed by atoms with E-state index in [1.807, 2.05) is 0 Å². The summed E-state index contributed by atoms with van der Waals surface area (Å²) in [6.45, 7) is 1.25. The number of hydrogen-bond acceptors (Lipinski definition) is 5. The predicted molar refractivity (Wildman–Crippen MR) is 69.8 cm³/mol. The van der Waals surface area contributed by atoms with Crippen molar-refractivity contribution in [2.45, 2.75) is 16.4 Å². The molecule has 2 rings (SSSR count). The van der Waals surface area contributed by atoms with E-state index in [9.17, 15) is 8.42 Å². The standard InChI is InChI=1S/C9H13BrN2O3S2/c1-15-7-5-11-4-6(7)12-17(13,14)9-3-2-8(10)16-9/h2-3,6-7,11-12H,4-5H2,1H3/t6?,7-/m0/s1. The van der Waals surface area contributed by atoms with Gasteiger partial charge in [0.1, 0.15) is 4.21 Å². The van der Waals surface area contributed by atoms with Gasteiger partial charge in [0.05, 0.1) is 15.9 Å². The van der Waals surface area contributed by atoms with E-state index >= 15 is 0 Å². The van der Waals surface area contributed by atoms with E-state index in [4.69, 9.17) is 4.74 Å². The first-order chi connectivity index (χ1) is 8.03. The first-order valence-electron chi connectivity index (χ1n) is 5.04. The average molecular weight is 341 g/mol. The molecule has 5 nitrogen and oxygen atoms in total. The molecular formula is C9H13BrN2O3S2. The van der Waals surface area contributed by atoms with Gasteiger partial charge in [-0.05, 0) is 28.1 Å². The van der Waals surface area contributed by atoms with Crippen LogP contribution in [0.2, 0.25) is 0 Å². The number of halogens is 1. The molecule has 0 amide bonds. The second-order valence-corrected chi connectivity index (χ2v) is 8.12. The van der Waals surface area contributed by atoms with Gasteiger partial charge >= 0.3 is 0 Å². The van der Waals surface area contributed by atoms with Gasteiger partial charge in [-0.25, -0.2) is 13.1 Å². The maximum atomic E-state index is 12.1. The van der Waals surface area contributed by atoms with Gasteiger partial charge in [0.15, 0.2) is 0 Å². The minimum Gasteiger partial charge on any atom is -0.378 e. The van der Waals surface area contributed by atoms with Crippen LogP contribution in [0.15, 0.2) is 20.1 Å². The van der Waals surface area contributed by atoms with Crippen LogP contribution in [-0.4, -0.2) is 40.8 Å². The van der Waals surface area contributed by atoms with Crippen LogP contribution in [-0.2, 0) is 14.8 Å². The molecule has 0 aliphatic carbocycles. The molecule has 96 valence electrons. The lowest BCUT2D eigenvalue weighted by Crippen LogP contribution is -2.43. The lowest BCUT2D eigenvalue weighted by atomic mass is 10.2. The summed E-state index contributed by atoms with van der Waals surface area (Å²) in [5.74, 6) is 0. The molecule has 1 aromatic heterocycles. The summed E-state index contributed by atoms with van der Waals surface area (Å²) >= 11 is 4.44. The number of sulfonamides is 1. The summed E-state index contributed by atoms with van der Waals surface area (Å²) in [5, 5.41) is 3.09. The predicted octanol–water partition coefficient (Wildman–Crippen LogP) is 0.776. The van der Waals surface area contributed by atoms with Crippen molar-refractivity contribution < 1.29 is 13.2 Å². The zero-order chi connectivity index (χ0) is 12.5. The molecule has 1 aliphatic rings. The number of rotatable bonds is 4. The Morgan fingerprint density at radius 2 is 2.29 bits per heavy atom. The lowest BCUT2D eigenvalue weighted by molar-refractivity contribution is 0.103. The van der Waals surface area contributed by atoms with Crippen LogP contribution in [0.4, 0.5) is 0 Å². The summed E-state index contributed by atoms with van der Waals surface area (Å²) < 4.78 is 33.1. The maximum Gasteiger partial charge on any atom is 0.250 e. The highest BCUT2D eigenvalue weighted by molar-refractivity contribution is 9.11. The van der Waals surface area contributed by atoms with Crippen molar-refractivity contribution in [1.29, 1.82) is 0 Å². The van der Waals surface area contributed by atoms with Crippen LogP contribution >= 0.6 is 27.3 Å². The fourth-order valence-electron chi connectivity index (χ4n) is 1.72. The zero-order valence-corrected chi connectivity index (χ0v) is 12.4. The molecule has 0 saturated carbocycles. The van der Waals surface area contributed by atoms with Crippen LogP contribution in [0.25, 0.3) is 0 Å². The summed E-state index contributed by atoms with van der Waals surface area (Å²) in [7, 11) is -1.86. The van der Waals surface area contributed by atoms with Crippen LogP contribution in [0.5, 0.6) is 0 Å². The Labute approximate surface area is 113 Å². The number of hydrogen-bond donors (Lipinski definition) is 2. The molecular weight excluding hydrogens is 328 g/mol. The van der Waals surface area contributed by atoms with Gasteiger partial charge in [-0.3, -0.25) is 0 Å². The molecule has 0 spiro atoms. The Morgan fingerprint density at radius 1 is 1.53 bits per heavy atom. The molecule has 1 saturated heterocycles. The molecule has 1 fully saturated rings. The quantitative estimate of drug-likeness (QED) is 0.849. The van der Waals surface area contributed by atoms with Crippen molar-refractivity contribution >= 4 is 37.3 Å². The van der Waals surface area contributed by atoms with Gasteiger partial charge in [-0.2, -0.15) is 0 Å². The third kappa shape index (κ3) is 3.07. The van der Waals surface area contributed by atoms with E-state index in [2.05, 4.69) is 26.0 Å². The van der Waals surface area contributed by atoms with E-state index in [-0.39, 0.29) is 12.1 Å². The third-order valence-electron chi connectivity index (χ3n) is 2.58. The number of nitrogens with one attached hydrogen (secondary N) is 2. The van der Waals surface area contributed by atoms with Crippen LogP contribution < -0.4 is 10.0 Å². The van der Waals surface area contributed by atoms with Crippen molar-refractivity contribution in [1.82, 2.24) is 10.0 Å². The molecule has 0 bridgehead atoms.